The van der Waals surface area contributed by atoms with E-state index in [2.05, 4.69) is 34.1 Å². The van der Waals surface area contributed by atoms with E-state index in [0.717, 1.165) is 53.0 Å². The molecule has 1 atom stereocenters. The van der Waals surface area contributed by atoms with E-state index in [1.165, 1.54) is 11.1 Å². The lowest BCUT2D eigenvalue weighted by Crippen LogP contribution is -2.44. The average Bonchev–Trinajstić information content (AvgIpc) is 3.07. The van der Waals surface area contributed by atoms with Gasteiger partial charge in [0.2, 0.25) is 5.91 Å². The van der Waals surface area contributed by atoms with Crippen LogP contribution in [0.2, 0.25) is 5.02 Å². The number of benzene rings is 2. The molecule has 1 amide bonds. The zero-order valence-corrected chi connectivity index (χ0v) is 21.7. The molecular weight excluding hydrogens is 502 g/mol. The van der Waals surface area contributed by atoms with Crippen LogP contribution in [0.3, 0.4) is 0 Å². The van der Waals surface area contributed by atoms with Gasteiger partial charge in [0.05, 0.1) is 13.0 Å². The molecule has 33 heavy (non-hydrogen) atoms. The van der Waals surface area contributed by atoms with Crippen molar-refractivity contribution in [2.75, 3.05) is 19.7 Å². The van der Waals surface area contributed by atoms with Crippen LogP contribution in [-0.2, 0) is 26.2 Å². The van der Waals surface area contributed by atoms with Crippen molar-refractivity contribution in [3.63, 3.8) is 0 Å². The number of amides is 1. The van der Waals surface area contributed by atoms with Crippen molar-refractivity contribution in [2.45, 2.75) is 63.7 Å². The number of halogens is 2. The highest BCUT2D eigenvalue weighted by Gasteiger charge is 2.47. The minimum Gasteiger partial charge on any atom is -0.466 e. The summed E-state index contributed by atoms with van der Waals surface area (Å²) in [5, 5.41) is 0.737. The maximum absolute atomic E-state index is 13.0. The summed E-state index contributed by atoms with van der Waals surface area (Å²) in [5.41, 5.74) is 4.79. The standard InChI is InChI=1S/C27H31BrClNO3/c1-3-33-25(32)16-19-17-27(26-21(19)7-5-8-22(26)28)12-14-30(15-13-27)24(31)11-10-20-18(2)6-4-9-23(20)29/h4-9,19H,3,10-17H2,1-2H3. The van der Waals surface area contributed by atoms with Crippen LogP contribution in [0.25, 0.3) is 0 Å². The van der Waals surface area contributed by atoms with E-state index in [1.807, 2.05) is 36.9 Å². The largest absolute Gasteiger partial charge is 0.466 e. The van der Waals surface area contributed by atoms with Crippen molar-refractivity contribution in [2.24, 2.45) is 0 Å². The van der Waals surface area contributed by atoms with Crippen molar-refractivity contribution >= 4 is 39.4 Å². The van der Waals surface area contributed by atoms with E-state index in [-0.39, 0.29) is 23.2 Å². The van der Waals surface area contributed by atoms with Crippen molar-refractivity contribution in [1.82, 2.24) is 4.90 Å². The Kier molecular flexibility index (Phi) is 7.49. The molecule has 2 aromatic carbocycles. The molecule has 1 aliphatic heterocycles. The van der Waals surface area contributed by atoms with E-state index in [9.17, 15) is 9.59 Å². The Hall–Kier alpha value is -1.85. The molecular formula is C27H31BrClNO3. The second-order valence-corrected chi connectivity index (χ2v) is 10.6. The van der Waals surface area contributed by atoms with Gasteiger partial charge in [-0.2, -0.15) is 0 Å². The lowest BCUT2D eigenvalue weighted by molar-refractivity contribution is -0.143. The van der Waals surface area contributed by atoms with Crippen molar-refractivity contribution in [1.29, 1.82) is 0 Å². The highest BCUT2D eigenvalue weighted by atomic mass is 79.9. The quantitative estimate of drug-likeness (QED) is 0.408. The summed E-state index contributed by atoms with van der Waals surface area (Å²) in [7, 11) is 0. The predicted molar refractivity (Wildman–Crippen MR) is 135 cm³/mol. The zero-order valence-electron chi connectivity index (χ0n) is 19.3. The molecule has 2 aliphatic rings. The van der Waals surface area contributed by atoms with Crippen LogP contribution in [0.5, 0.6) is 0 Å². The van der Waals surface area contributed by atoms with Gasteiger partial charge in [0, 0.05) is 34.4 Å². The Morgan fingerprint density at radius 2 is 1.91 bits per heavy atom. The number of carbonyl (C=O) groups is 2. The SMILES string of the molecule is CCOC(=O)CC1CC2(CCN(C(=O)CCc3c(C)cccc3Cl)CC2)c2c(Br)cccc21. The number of esters is 1. The van der Waals surface area contributed by atoms with E-state index in [1.54, 1.807) is 0 Å². The van der Waals surface area contributed by atoms with Crippen LogP contribution in [0, 0.1) is 6.92 Å². The first-order valence-electron chi connectivity index (χ1n) is 11.8. The van der Waals surface area contributed by atoms with Gasteiger partial charge in [0.25, 0.3) is 0 Å². The molecule has 0 saturated carbocycles. The van der Waals surface area contributed by atoms with Gasteiger partial charge in [0.15, 0.2) is 0 Å². The number of ether oxygens (including phenoxy) is 1. The first-order valence-corrected chi connectivity index (χ1v) is 13.0. The van der Waals surface area contributed by atoms with Gasteiger partial charge in [-0.15, -0.1) is 0 Å². The lowest BCUT2D eigenvalue weighted by Gasteiger charge is -2.41. The maximum Gasteiger partial charge on any atom is 0.306 e. The van der Waals surface area contributed by atoms with Gasteiger partial charge >= 0.3 is 5.97 Å². The number of carbonyl (C=O) groups excluding carboxylic acids is 2. The second-order valence-electron chi connectivity index (χ2n) is 9.31. The van der Waals surface area contributed by atoms with E-state index >= 15 is 0 Å². The number of likely N-dealkylation sites (tertiary alicyclic amines) is 1. The molecule has 0 aromatic heterocycles. The molecule has 0 radical (unpaired) electrons. The second kappa shape index (κ2) is 10.2. The molecule has 1 unspecified atom stereocenters. The summed E-state index contributed by atoms with van der Waals surface area (Å²) in [4.78, 5) is 27.3. The van der Waals surface area contributed by atoms with Crippen LogP contribution >= 0.6 is 27.5 Å². The monoisotopic (exact) mass is 531 g/mol. The fourth-order valence-electron chi connectivity index (χ4n) is 5.74. The fourth-order valence-corrected chi connectivity index (χ4v) is 6.86. The molecule has 1 fully saturated rings. The summed E-state index contributed by atoms with van der Waals surface area (Å²) in [6, 6.07) is 12.2. The third-order valence-corrected chi connectivity index (χ3v) is 8.40. The number of nitrogens with zero attached hydrogens (tertiary/aromatic N) is 1. The molecule has 1 heterocycles. The van der Waals surface area contributed by atoms with E-state index in [4.69, 9.17) is 16.3 Å². The van der Waals surface area contributed by atoms with Crippen molar-refractivity contribution in [3.8, 4) is 0 Å². The minimum absolute atomic E-state index is 0.00267. The summed E-state index contributed by atoms with van der Waals surface area (Å²) >= 11 is 10.1. The van der Waals surface area contributed by atoms with Crippen molar-refractivity contribution in [3.05, 3.63) is 68.1 Å². The maximum atomic E-state index is 13.0. The van der Waals surface area contributed by atoms with Gasteiger partial charge in [-0.05, 0) is 79.8 Å². The Bertz CT molecular complexity index is 1030. The highest BCUT2D eigenvalue weighted by molar-refractivity contribution is 9.10. The topological polar surface area (TPSA) is 46.6 Å². The normalized spacial score (nSPS) is 18.9. The first-order chi connectivity index (χ1) is 15.8. The Balaban J connectivity index is 1.44. The number of hydrogen-bond acceptors (Lipinski definition) is 3. The van der Waals surface area contributed by atoms with E-state index in [0.29, 0.717) is 25.9 Å². The lowest BCUT2D eigenvalue weighted by atomic mass is 9.73. The number of aryl methyl sites for hydroxylation is 1. The van der Waals surface area contributed by atoms with Gasteiger partial charge in [-0.1, -0.05) is 51.8 Å². The summed E-state index contributed by atoms with van der Waals surface area (Å²) in [6.45, 7) is 5.78. The molecule has 1 saturated heterocycles. The summed E-state index contributed by atoms with van der Waals surface area (Å²) in [6.07, 6.45) is 4.33. The first kappa shape index (κ1) is 24.3. The predicted octanol–water partition coefficient (Wildman–Crippen LogP) is 6.34. The van der Waals surface area contributed by atoms with Crippen molar-refractivity contribution < 1.29 is 14.3 Å². The molecule has 0 N–H and O–H groups in total. The summed E-state index contributed by atoms with van der Waals surface area (Å²) in [5.74, 6) is 0.229. The third-order valence-electron chi connectivity index (χ3n) is 7.39. The van der Waals surface area contributed by atoms with Crippen LogP contribution in [-0.4, -0.2) is 36.5 Å². The van der Waals surface area contributed by atoms with Crippen LogP contribution in [0.1, 0.15) is 67.2 Å². The number of rotatable bonds is 6. The molecule has 4 rings (SSSR count). The minimum atomic E-state index is -0.132. The molecule has 6 heteroatoms. The van der Waals surface area contributed by atoms with Gasteiger partial charge in [-0.3, -0.25) is 9.59 Å². The summed E-state index contributed by atoms with van der Waals surface area (Å²) < 4.78 is 6.35. The van der Waals surface area contributed by atoms with Gasteiger partial charge < -0.3 is 9.64 Å². The number of fused-ring (bicyclic) bond motifs is 2. The van der Waals surface area contributed by atoms with Crippen LogP contribution in [0.4, 0.5) is 0 Å². The average molecular weight is 533 g/mol. The molecule has 176 valence electrons. The molecule has 1 spiro atoms. The molecule has 4 nitrogen and oxygen atoms in total. The fraction of sp³-hybridized carbons (Fsp3) is 0.481. The Morgan fingerprint density at radius 1 is 1.18 bits per heavy atom. The van der Waals surface area contributed by atoms with Crippen LogP contribution in [0.15, 0.2) is 40.9 Å². The zero-order chi connectivity index (χ0) is 23.6. The number of piperidine rings is 1. The third kappa shape index (κ3) is 5.00. The molecule has 1 aliphatic carbocycles. The smallest absolute Gasteiger partial charge is 0.306 e. The van der Waals surface area contributed by atoms with Gasteiger partial charge in [0.1, 0.15) is 0 Å². The molecule has 0 bridgehead atoms. The van der Waals surface area contributed by atoms with Crippen LogP contribution < -0.4 is 0 Å². The molecule has 2 aromatic rings. The highest BCUT2D eigenvalue weighted by Crippen LogP contribution is 2.55. The van der Waals surface area contributed by atoms with Gasteiger partial charge in [-0.25, -0.2) is 0 Å². The Labute approximate surface area is 209 Å². The van der Waals surface area contributed by atoms with E-state index < -0.39 is 0 Å². The number of hydrogen-bond donors (Lipinski definition) is 0. The Morgan fingerprint density at radius 3 is 2.61 bits per heavy atom.